The lowest BCUT2D eigenvalue weighted by molar-refractivity contribution is -0.117. The van der Waals surface area contributed by atoms with Crippen LogP contribution >= 0.6 is 11.3 Å². The summed E-state index contributed by atoms with van der Waals surface area (Å²) in [4.78, 5) is 32.6. The van der Waals surface area contributed by atoms with Gasteiger partial charge in [0.05, 0.1) is 27.4 Å². The van der Waals surface area contributed by atoms with E-state index in [1.54, 1.807) is 25.1 Å². The van der Waals surface area contributed by atoms with Crippen LogP contribution in [0.15, 0.2) is 52.3 Å². The molecule has 0 spiro atoms. The minimum Gasteiger partial charge on any atom is -0.503 e. The van der Waals surface area contributed by atoms with Crippen LogP contribution in [-0.2, 0) is 4.79 Å². The van der Waals surface area contributed by atoms with Gasteiger partial charge in [-0.15, -0.1) is 11.3 Å². The molecule has 148 valence electrons. The smallest absolute Gasteiger partial charge is 0.294 e. The summed E-state index contributed by atoms with van der Waals surface area (Å²) >= 11 is 1.25. The molecule has 1 atom stereocenters. The summed E-state index contributed by atoms with van der Waals surface area (Å²) in [5.74, 6) is -1.19. The van der Waals surface area contributed by atoms with Crippen LogP contribution in [0.2, 0.25) is 0 Å². The van der Waals surface area contributed by atoms with Crippen LogP contribution in [0.4, 0.5) is 5.69 Å². The molecule has 0 saturated carbocycles. The molecule has 0 aliphatic carbocycles. The summed E-state index contributed by atoms with van der Waals surface area (Å²) in [5.41, 5.74) is 3.26. The van der Waals surface area contributed by atoms with Gasteiger partial charge in [0.15, 0.2) is 5.76 Å². The van der Waals surface area contributed by atoms with E-state index in [0.717, 1.165) is 16.1 Å². The number of carbonyl (C=O) groups excluding carboxylic acids is 2. The SMILES string of the molecule is Cc1nc(C)c(C(=O)C2=C(O)C(=O)N(c3ccc(C)c(C)c3)C2c2ccco2)s1. The van der Waals surface area contributed by atoms with Gasteiger partial charge in [-0.05, 0) is 63.1 Å². The molecule has 0 radical (unpaired) electrons. The third kappa shape index (κ3) is 3.07. The van der Waals surface area contributed by atoms with Crippen LogP contribution in [0.1, 0.15) is 43.3 Å². The fourth-order valence-electron chi connectivity index (χ4n) is 3.56. The van der Waals surface area contributed by atoms with Gasteiger partial charge in [0.2, 0.25) is 5.78 Å². The second kappa shape index (κ2) is 7.00. The predicted molar refractivity (Wildman–Crippen MR) is 110 cm³/mol. The number of aryl methyl sites for hydroxylation is 4. The van der Waals surface area contributed by atoms with Crippen LogP contribution in [0.5, 0.6) is 0 Å². The number of ketones is 1. The van der Waals surface area contributed by atoms with Gasteiger partial charge in [0, 0.05) is 5.69 Å². The number of aliphatic hydroxyl groups is 1. The number of anilines is 1. The number of aromatic nitrogens is 1. The Morgan fingerprint density at radius 3 is 2.52 bits per heavy atom. The fraction of sp³-hybridized carbons (Fsp3) is 0.227. The summed E-state index contributed by atoms with van der Waals surface area (Å²) in [7, 11) is 0. The number of benzene rings is 1. The first-order valence-corrected chi connectivity index (χ1v) is 9.97. The van der Waals surface area contributed by atoms with Crippen molar-refractivity contribution in [2.45, 2.75) is 33.7 Å². The highest BCUT2D eigenvalue weighted by Gasteiger charge is 2.46. The van der Waals surface area contributed by atoms with Crippen molar-refractivity contribution in [1.29, 1.82) is 0 Å². The Labute approximate surface area is 172 Å². The average molecular weight is 408 g/mol. The van der Waals surface area contributed by atoms with Crippen molar-refractivity contribution in [1.82, 2.24) is 4.98 Å². The Kier molecular flexibility index (Phi) is 4.62. The van der Waals surface area contributed by atoms with E-state index in [0.29, 0.717) is 22.0 Å². The molecule has 29 heavy (non-hydrogen) atoms. The molecule has 0 fully saturated rings. The van der Waals surface area contributed by atoms with Crippen molar-refractivity contribution in [3.63, 3.8) is 0 Å². The molecule has 1 amide bonds. The van der Waals surface area contributed by atoms with Gasteiger partial charge in [-0.2, -0.15) is 0 Å². The Balaban J connectivity index is 1.88. The molecule has 0 bridgehead atoms. The van der Waals surface area contributed by atoms with Crippen LogP contribution in [-0.4, -0.2) is 21.8 Å². The van der Waals surface area contributed by atoms with Crippen molar-refractivity contribution in [3.05, 3.63) is 80.4 Å². The van der Waals surface area contributed by atoms with E-state index < -0.39 is 23.5 Å². The van der Waals surface area contributed by atoms with Crippen LogP contribution < -0.4 is 4.90 Å². The molecule has 2 aromatic heterocycles. The Morgan fingerprint density at radius 1 is 1.17 bits per heavy atom. The minimum atomic E-state index is -0.853. The fourth-order valence-corrected chi connectivity index (χ4v) is 4.43. The highest BCUT2D eigenvalue weighted by Crippen LogP contribution is 2.43. The number of nitrogens with zero attached hydrogens (tertiary/aromatic N) is 2. The Morgan fingerprint density at radius 2 is 1.93 bits per heavy atom. The zero-order chi connectivity index (χ0) is 20.9. The van der Waals surface area contributed by atoms with Crippen molar-refractivity contribution >= 4 is 28.7 Å². The van der Waals surface area contributed by atoms with Gasteiger partial charge in [0.25, 0.3) is 5.91 Å². The number of furan rings is 1. The third-order valence-electron chi connectivity index (χ3n) is 5.14. The second-order valence-corrected chi connectivity index (χ2v) is 8.30. The van der Waals surface area contributed by atoms with Gasteiger partial charge in [-0.1, -0.05) is 6.07 Å². The maximum atomic E-state index is 13.4. The van der Waals surface area contributed by atoms with Crippen molar-refractivity contribution in [2.24, 2.45) is 0 Å². The first-order valence-electron chi connectivity index (χ1n) is 9.15. The number of hydrogen-bond acceptors (Lipinski definition) is 6. The number of aliphatic hydroxyl groups excluding tert-OH is 1. The molecule has 1 aliphatic heterocycles. The van der Waals surface area contributed by atoms with E-state index in [1.165, 1.54) is 22.5 Å². The maximum Gasteiger partial charge on any atom is 0.294 e. The largest absolute Gasteiger partial charge is 0.503 e. The molecule has 1 unspecified atom stereocenters. The number of hydrogen-bond donors (Lipinski definition) is 1. The lowest BCUT2D eigenvalue weighted by Crippen LogP contribution is -2.30. The van der Waals surface area contributed by atoms with E-state index in [-0.39, 0.29) is 5.57 Å². The highest BCUT2D eigenvalue weighted by molar-refractivity contribution is 7.14. The van der Waals surface area contributed by atoms with E-state index in [4.69, 9.17) is 4.42 Å². The Bertz CT molecular complexity index is 1160. The predicted octanol–water partition coefficient (Wildman–Crippen LogP) is 4.75. The summed E-state index contributed by atoms with van der Waals surface area (Å²) in [6, 6.07) is 8.12. The lowest BCUT2D eigenvalue weighted by atomic mass is 9.99. The zero-order valence-corrected chi connectivity index (χ0v) is 17.3. The van der Waals surface area contributed by atoms with E-state index >= 15 is 0 Å². The van der Waals surface area contributed by atoms with E-state index in [1.807, 2.05) is 32.9 Å². The first-order chi connectivity index (χ1) is 13.8. The van der Waals surface area contributed by atoms with Crippen LogP contribution in [0.25, 0.3) is 0 Å². The van der Waals surface area contributed by atoms with Crippen molar-refractivity contribution in [2.75, 3.05) is 4.90 Å². The van der Waals surface area contributed by atoms with Crippen molar-refractivity contribution in [3.8, 4) is 0 Å². The molecule has 0 saturated heterocycles. The van der Waals surface area contributed by atoms with E-state index in [9.17, 15) is 14.7 Å². The number of Topliss-reactive ketones (excluding diaryl/α,β-unsaturated/α-hetero) is 1. The third-order valence-corrected chi connectivity index (χ3v) is 6.22. The second-order valence-electron chi connectivity index (χ2n) is 7.10. The van der Waals surface area contributed by atoms with Gasteiger partial charge >= 0.3 is 0 Å². The van der Waals surface area contributed by atoms with Gasteiger partial charge in [-0.3, -0.25) is 14.5 Å². The number of rotatable bonds is 4. The molecule has 3 aromatic rings. The average Bonchev–Trinajstić information content (AvgIpc) is 3.37. The summed E-state index contributed by atoms with van der Waals surface area (Å²) in [5, 5.41) is 11.5. The first kappa shape index (κ1) is 19.1. The molecule has 7 heteroatoms. The quantitative estimate of drug-likeness (QED) is 0.630. The topological polar surface area (TPSA) is 83.6 Å². The molecule has 6 nitrogen and oxygen atoms in total. The molecular formula is C22H20N2O4S. The Hall–Kier alpha value is -3.19. The molecule has 1 N–H and O–H groups in total. The number of amides is 1. The molecule has 1 aromatic carbocycles. The normalized spacial score (nSPS) is 16.8. The monoisotopic (exact) mass is 408 g/mol. The molecule has 3 heterocycles. The standard InChI is InChI=1S/C22H20N2O4S/c1-11-7-8-15(10-12(11)2)24-18(16-6-5-9-28-16)17(20(26)22(24)27)19(25)21-13(3)23-14(4)29-21/h5-10,18,26H,1-4H3. The highest BCUT2D eigenvalue weighted by atomic mass is 32.1. The summed E-state index contributed by atoms with van der Waals surface area (Å²) < 4.78 is 5.57. The van der Waals surface area contributed by atoms with Gasteiger partial charge in [0.1, 0.15) is 11.8 Å². The van der Waals surface area contributed by atoms with Gasteiger partial charge < -0.3 is 9.52 Å². The van der Waals surface area contributed by atoms with Crippen molar-refractivity contribution < 1.29 is 19.1 Å². The van der Waals surface area contributed by atoms with Gasteiger partial charge in [-0.25, -0.2) is 4.98 Å². The number of carbonyl (C=O) groups is 2. The van der Waals surface area contributed by atoms with E-state index in [2.05, 4.69) is 4.98 Å². The zero-order valence-electron chi connectivity index (χ0n) is 16.5. The summed E-state index contributed by atoms with van der Waals surface area (Å²) in [6.07, 6.45) is 1.48. The minimum absolute atomic E-state index is 0.00919. The number of thiazole rings is 1. The molecule has 4 rings (SSSR count). The molecular weight excluding hydrogens is 388 g/mol. The van der Waals surface area contributed by atoms with Crippen LogP contribution in [0, 0.1) is 27.7 Å². The summed E-state index contributed by atoms with van der Waals surface area (Å²) in [6.45, 7) is 7.49. The molecule has 1 aliphatic rings. The maximum absolute atomic E-state index is 13.4. The van der Waals surface area contributed by atoms with Crippen LogP contribution in [0.3, 0.4) is 0 Å². The lowest BCUT2D eigenvalue weighted by Gasteiger charge is -2.25.